The smallest absolute Gasteiger partial charge is 0.277 e. The fourth-order valence-electron chi connectivity index (χ4n) is 0.449. The van der Waals surface area contributed by atoms with Gasteiger partial charge in [0.1, 0.15) is 0 Å². The van der Waals surface area contributed by atoms with E-state index in [2.05, 4.69) is 0 Å². The lowest BCUT2D eigenvalue weighted by Gasteiger charge is -2.27. The molecule has 0 aliphatic rings. The molecule has 12 heavy (non-hydrogen) atoms. The van der Waals surface area contributed by atoms with Crippen LogP contribution in [-0.2, 0) is 9.05 Å². The molecule has 0 aromatic rings. The van der Waals surface area contributed by atoms with Crippen LogP contribution in [0.25, 0.3) is 0 Å². The lowest BCUT2D eigenvalue weighted by molar-refractivity contribution is 0.0805. The minimum atomic E-state index is -1.28. The van der Waals surface area contributed by atoms with Gasteiger partial charge in [-0.2, -0.15) is 0 Å². The lowest BCUT2D eigenvalue weighted by Crippen LogP contribution is -2.20. The highest BCUT2D eigenvalue weighted by Gasteiger charge is 2.23. The average molecular weight is 213 g/mol. The molecule has 0 N–H and O–H groups in total. The topological polar surface area (TPSA) is 18.5 Å². The second-order valence-electron chi connectivity index (χ2n) is 4.62. The molecule has 0 aromatic carbocycles. The molecule has 0 heterocycles. The average Bonchev–Trinajstić information content (AvgIpc) is 1.49. The first kappa shape index (κ1) is 12.6. The minimum absolute atomic E-state index is 0.237. The van der Waals surface area contributed by atoms with E-state index in [4.69, 9.17) is 20.3 Å². The monoisotopic (exact) mass is 212 g/mol. The third-order valence-electron chi connectivity index (χ3n) is 0.691. The third-order valence-corrected chi connectivity index (χ3v) is 2.49. The van der Waals surface area contributed by atoms with Gasteiger partial charge in [-0.05, 0) is 52.8 Å². The Hall–Kier alpha value is 0.640. The van der Waals surface area contributed by atoms with Crippen molar-refractivity contribution >= 4 is 19.0 Å². The Morgan fingerprint density at radius 3 is 1.25 bits per heavy atom. The minimum Gasteiger partial charge on any atom is -0.316 e. The molecule has 0 radical (unpaired) electrons. The van der Waals surface area contributed by atoms with Gasteiger partial charge in [0.15, 0.2) is 0 Å². The molecular weight excluding hydrogens is 195 g/mol. The fourth-order valence-corrected chi connectivity index (χ4v) is 2.59. The predicted molar refractivity (Wildman–Crippen MR) is 54.4 cm³/mol. The maximum Gasteiger partial charge on any atom is 0.277 e. The van der Waals surface area contributed by atoms with Gasteiger partial charge in [0, 0.05) is 0 Å². The zero-order chi connectivity index (χ0) is 9.99. The Labute approximate surface area is 81.3 Å². The molecule has 0 aromatic heterocycles. The van der Waals surface area contributed by atoms with E-state index in [1.807, 2.05) is 41.5 Å². The molecule has 0 fully saturated rings. The molecule has 0 spiro atoms. The van der Waals surface area contributed by atoms with Crippen LogP contribution in [0.1, 0.15) is 41.5 Å². The van der Waals surface area contributed by atoms with E-state index in [0.29, 0.717) is 0 Å². The molecule has 74 valence electrons. The highest BCUT2D eigenvalue weighted by molar-refractivity contribution is 7.76. The maximum atomic E-state index is 5.87. The van der Waals surface area contributed by atoms with Crippen LogP contribution in [0.5, 0.6) is 0 Å². The van der Waals surface area contributed by atoms with E-state index in [-0.39, 0.29) is 11.2 Å². The van der Waals surface area contributed by atoms with Crippen LogP contribution in [0.4, 0.5) is 0 Å². The Morgan fingerprint density at radius 1 is 0.833 bits per heavy atom. The molecule has 0 aliphatic carbocycles. The highest BCUT2D eigenvalue weighted by Crippen LogP contribution is 2.50. The Morgan fingerprint density at radius 2 is 1.08 bits per heavy atom. The van der Waals surface area contributed by atoms with Crippen LogP contribution >= 0.6 is 19.0 Å². The van der Waals surface area contributed by atoms with E-state index in [9.17, 15) is 0 Å². The van der Waals surface area contributed by atoms with E-state index in [1.165, 1.54) is 0 Å². The zero-order valence-corrected chi connectivity index (χ0v) is 10.3. The van der Waals surface area contributed by atoms with Crippen molar-refractivity contribution < 1.29 is 9.05 Å². The van der Waals surface area contributed by atoms with Crippen LogP contribution < -0.4 is 0 Å². The van der Waals surface area contributed by atoms with Crippen LogP contribution in [0, 0.1) is 0 Å². The van der Waals surface area contributed by atoms with Crippen molar-refractivity contribution in [3.05, 3.63) is 0 Å². The lowest BCUT2D eigenvalue weighted by atomic mass is 10.2. The summed E-state index contributed by atoms with van der Waals surface area (Å²) in [5, 5.41) is 0. The van der Waals surface area contributed by atoms with Gasteiger partial charge in [-0.25, -0.2) is 0 Å². The predicted octanol–water partition coefficient (Wildman–Crippen LogP) is 4.08. The summed E-state index contributed by atoms with van der Waals surface area (Å²) in [7, 11) is -1.28. The molecule has 4 heteroatoms. The van der Waals surface area contributed by atoms with Crippen molar-refractivity contribution in [2.24, 2.45) is 0 Å². The first-order chi connectivity index (χ1) is 5.10. The molecular formula is C8H18ClO2P. The molecule has 0 amide bonds. The highest BCUT2D eigenvalue weighted by atomic mass is 35.7. The Bertz CT molecular complexity index is 121. The Kier molecular flexibility index (Phi) is 4.46. The standard InChI is InChI=1S/C8H18ClO2P/c1-7(2,3)10-12(9)11-8(4,5)6/h1-6H3. The van der Waals surface area contributed by atoms with Crippen molar-refractivity contribution in [1.29, 1.82) is 0 Å². The van der Waals surface area contributed by atoms with Gasteiger partial charge < -0.3 is 9.05 Å². The summed E-state index contributed by atoms with van der Waals surface area (Å²) in [6.07, 6.45) is 0. The number of hydrogen-bond acceptors (Lipinski definition) is 2. The largest absolute Gasteiger partial charge is 0.316 e. The number of hydrogen-bond donors (Lipinski definition) is 0. The summed E-state index contributed by atoms with van der Waals surface area (Å²) in [6.45, 7) is 11.7. The second-order valence-corrected chi connectivity index (χ2v) is 6.24. The number of halogens is 1. The van der Waals surface area contributed by atoms with Crippen molar-refractivity contribution in [1.82, 2.24) is 0 Å². The van der Waals surface area contributed by atoms with E-state index in [1.54, 1.807) is 0 Å². The first-order valence-corrected chi connectivity index (χ1v) is 6.02. The molecule has 0 bridgehead atoms. The quantitative estimate of drug-likeness (QED) is 0.642. The van der Waals surface area contributed by atoms with Crippen molar-refractivity contribution in [3.63, 3.8) is 0 Å². The summed E-state index contributed by atoms with van der Waals surface area (Å²) in [4.78, 5) is 0. The van der Waals surface area contributed by atoms with E-state index in [0.717, 1.165) is 0 Å². The molecule has 0 atom stereocenters. The van der Waals surface area contributed by atoms with Crippen molar-refractivity contribution in [2.75, 3.05) is 0 Å². The van der Waals surface area contributed by atoms with Crippen LogP contribution in [0.3, 0.4) is 0 Å². The molecule has 0 aliphatic heterocycles. The maximum absolute atomic E-state index is 5.87. The van der Waals surface area contributed by atoms with Gasteiger partial charge in [0.25, 0.3) is 7.73 Å². The third kappa shape index (κ3) is 8.73. The second kappa shape index (κ2) is 4.23. The summed E-state index contributed by atoms with van der Waals surface area (Å²) in [6, 6.07) is 0. The molecule has 2 nitrogen and oxygen atoms in total. The summed E-state index contributed by atoms with van der Waals surface area (Å²) in [5.74, 6) is 0. The zero-order valence-electron chi connectivity index (χ0n) is 8.64. The van der Waals surface area contributed by atoms with E-state index < -0.39 is 7.73 Å². The number of rotatable bonds is 2. The van der Waals surface area contributed by atoms with Crippen LogP contribution in [0.2, 0.25) is 0 Å². The normalized spacial score (nSPS) is 14.0. The summed E-state index contributed by atoms with van der Waals surface area (Å²) < 4.78 is 10.8. The molecule has 0 saturated heterocycles. The van der Waals surface area contributed by atoms with Crippen LogP contribution in [-0.4, -0.2) is 11.2 Å². The Balaban J connectivity index is 3.83. The summed E-state index contributed by atoms with van der Waals surface area (Å²) >= 11 is 5.87. The SMILES string of the molecule is CC(C)(C)OP(Cl)OC(C)(C)C. The van der Waals surface area contributed by atoms with E-state index >= 15 is 0 Å². The first-order valence-electron chi connectivity index (χ1n) is 3.94. The fraction of sp³-hybridized carbons (Fsp3) is 1.00. The molecule has 0 rings (SSSR count). The summed E-state index contributed by atoms with van der Waals surface area (Å²) in [5.41, 5.74) is -0.475. The van der Waals surface area contributed by atoms with Crippen molar-refractivity contribution in [2.45, 2.75) is 52.7 Å². The van der Waals surface area contributed by atoms with Gasteiger partial charge in [-0.15, -0.1) is 0 Å². The van der Waals surface area contributed by atoms with Gasteiger partial charge in [0.2, 0.25) is 0 Å². The van der Waals surface area contributed by atoms with Gasteiger partial charge >= 0.3 is 0 Å². The van der Waals surface area contributed by atoms with Crippen LogP contribution in [0.15, 0.2) is 0 Å². The van der Waals surface area contributed by atoms with Crippen molar-refractivity contribution in [3.8, 4) is 0 Å². The molecule has 0 unspecified atom stereocenters. The van der Waals surface area contributed by atoms with Gasteiger partial charge in [0.05, 0.1) is 11.2 Å². The van der Waals surface area contributed by atoms with Gasteiger partial charge in [-0.1, -0.05) is 0 Å². The molecule has 0 saturated carbocycles. The van der Waals surface area contributed by atoms with Gasteiger partial charge in [-0.3, -0.25) is 0 Å².